The Bertz CT molecular complexity index is 814. The van der Waals surface area contributed by atoms with Gasteiger partial charge in [0.2, 0.25) is 0 Å². The molecular weight excluding hydrogens is 398 g/mol. The van der Waals surface area contributed by atoms with Gasteiger partial charge in [-0.05, 0) is 12.8 Å². The molecule has 6 heteroatoms. The van der Waals surface area contributed by atoms with E-state index in [4.69, 9.17) is 14.7 Å². The smallest absolute Gasteiger partial charge is 0.163 e. The molecule has 2 aromatic rings. The molecule has 0 unspecified atom stereocenters. The van der Waals surface area contributed by atoms with E-state index in [1.165, 1.54) is 32.1 Å². The second-order valence-electron chi connectivity index (χ2n) is 8.09. The SMILES string of the molecule is C=Cc1c(NCCN2CCOCC2)nc(-c2ccccc2)nc1NC1CCCCC1.CC. The number of morpholine rings is 1. The molecule has 1 saturated carbocycles. The normalized spacial score (nSPS) is 17.2. The second-order valence-corrected chi connectivity index (χ2v) is 8.09. The van der Waals surface area contributed by atoms with Crippen LogP contribution in [0.4, 0.5) is 11.6 Å². The number of benzene rings is 1. The summed E-state index contributed by atoms with van der Waals surface area (Å²) in [5.41, 5.74) is 1.98. The van der Waals surface area contributed by atoms with E-state index < -0.39 is 0 Å². The number of nitrogens with zero attached hydrogens (tertiary/aromatic N) is 3. The average molecular weight is 438 g/mol. The van der Waals surface area contributed by atoms with Crippen LogP contribution in [0.3, 0.4) is 0 Å². The molecule has 0 atom stereocenters. The monoisotopic (exact) mass is 437 g/mol. The molecule has 32 heavy (non-hydrogen) atoms. The molecule has 1 aliphatic heterocycles. The zero-order valence-electron chi connectivity index (χ0n) is 19.8. The third-order valence-electron chi connectivity index (χ3n) is 5.95. The van der Waals surface area contributed by atoms with E-state index in [-0.39, 0.29) is 0 Å². The van der Waals surface area contributed by atoms with Crippen LogP contribution in [0.5, 0.6) is 0 Å². The molecule has 2 aliphatic rings. The fraction of sp³-hybridized carbons (Fsp3) is 0.538. The quantitative estimate of drug-likeness (QED) is 0.584. The Kier molecular flexibility index (Phi) is 9.98. The summed E-state index contributed by atoms with van der Waals surface area (Å²) in [4.78, 5) is 12.2. The Morgan fingerprint density at radius 1 is 1.03 bits per heavy atom. The topological polar surface area (TPSA) is 62.3 Å². The Hall–Kier alpha value is -2.44. The third kappa shape index (κ3) is 6.78. The van der Waals surface area contributed by atoms with Crippen molar-refractivity contribution in [2.24, 2.45) is 0 Å². The molecule has 0 radical (unpaired) electrons. The molecule has 2 N–H and O–H groups in total. The summed E-state index contributed by atoms with van der Waals surface area (Å²) in [6.07, 6.45) is 8.16. The Balaban J connectivity index is 0.00000141. The fourth-order valence-corrected chi connectivity index (χ4v) is 4.22. The van der Waals surface area contributed by atoms with E-state index in [0.717, 1.165) is 68.0 Å². The van der Waals surface area contributed by atoms with Crippen LogP contribution in [0.1, 0.15) is 51.5 Å². The minimum atomic E-state index is 0.470. The van der Waals surface area contributed by atoms with Crippen molar-refractivity contribution in [1.82, 2.24) is 14.9 Å². The van der Waals surface area contributed by atoms with Gasteiger partial charge in [0.15, 0.2) is 5.82 Å². The van der Waals surface area contributed by atoms with Crippen LogP contribution in [-0.2, 0) is 4.74 Å². The fourth-order valence-electron chi connectivity index (χ4n) is 4.22. The second kappa shape index (κ2) is 13.2. The van der Waals surface area contributed by atoms with Crippen LogP contribution >= 0.6 is 0 Å². The lowest BCUT2D eigenvalue weighted by Crippen LogP contribution is -2.39. The maximum atomic E-state index is 5.45. The van der Waals surface area contributed by atoms with E-state index in [0.29, 0.717) is 6.04 Å². The summed E-state index contributed by atoms with van der Waals surface area (Å²) in [5, 5.41) is 7.26. The minimum Gasteiger partial charge on any atom is -0.379 e. The zero-order valence-corrected chi connectivity index (χ0v) is 19.8. The van der Waals surface area contributed by atoms with Gasteiger partial charge in [-0.2, -0.15) is 0 Å². The lowest BCUT2D eigenvalue weighted by atomic mass is 9.95. The third-order valence-corrected chi connectivity index (χ3v) is 5.95. The van der Waals surface area contributed by atoms with E-state index in [1.807, 2.05) is 38.1 Å². The van der Waals surface area contributed by atoms with Crippen molar-refractivity contribution in [3.63, 3.8) is 0 Å². The molecule has 174 valence electrons. The highest BCUT2D eigenvalue weighted by molar-refractivity contribution is 5.75. The molecule has 4 rings (SSSR count). The molecule has 0 amide bonds. The number of nitrogens with one attached hydrogen (secondary N) is 2. The van der Waals surface area contributed by atoms with Crippen molar-refractivity contribution in [1.29, 1.82) is 0 Å². The Morgan fingerprint density at radius 2 is 1.72 bits per heavy atom. The van der Waals surface area contributed by atoms with Crippen LogP contribution in [0.25, 0.3) is 17.5 Å². The van der Waals surface area contributed by atoms with Crippen LogP contribution in [0.2, 0.25) is 0 Å². The van der Waals surface area contributed by atoms with Gasteiger partial charge < -0.3 is 15.4 Å². The van der Waals surface area contributed by atoms with E-state index in [1.54, 1.807) is 0 Å². The highest BCUT2D eigenvalue weighted by atomic mass is 16.5. The molecule has 1 aromatic carbocycles. The summed E-state index contributed by atoms with van der Waals surface area (Å²) in [5.74, 6) is 2.48. The predicted molar refractivity (Wildman–Crippen MR) is 135 cm³/mol. The molecule has 1 saturated heterocycles. The van der Waals surface area contributed by atoms with Crippen molar-refractivity contribution in [2.75, 3.05) is 50.0 Å². The molecule has 0 spiro atoms. The lowest BCUT2D eigenvalue weighted by molar-refractivity contribution is 0.0398. The number of anilines is 2. The summed E-state index contributed by atoms with van der Waals surface area (Å²) < 4.78 is 5.45. The number of ether oxygens (including phenoxy) is 1. The molecule has 1 aromatic heterocycles. The highest BCUT2D eigenvalue weighted by Gasteiger charge is 2.19. The largest absolute Gasteiger partial charge is 0.379 e. The number of hydrogen-bond acceptors (Lipinski definition) is 6. The van der Waals surface area contributed by atoms with Gasteiger partial charge in [0, 0.05) is 37.8 Å². The molecule has 6 nitrogen and oxygen atoms in total. The standard InChI is InChI=1S/C24H33N5O.C2H6/c1-2-21-23(25-13-14-29-15-17-30-18-16-29)27-22(19-9-5-3-6-10-19)28-24(21)26-20-11-7-4-8-12-20;1-2/h2-3,5-6,9-10,20H,1,4,7-8,11-18H2,(H2,25,26,27,28);1-2H3. The molecule has 1 aliphatic carbocycles. The van der Waals surface area contributed by atoms with Gasteiger partial charge in [0.25, 0.3) is 0 Å². The van der Waals surface area contributed by atoms with E-state index in [2.05, 4.69) is 34.2 Å². The van der Waals surface area contributed by atoms with E-state index in [9.17, 15) is 0 Å². The van der Waals surface area contributed by atoms with Crippen molar-refractivity contribution < 1.29 is 4.74 Å². The number of hydrogen-bond donors (Lipinski definition) is 2. The first-order chi connectivity index (χ1) is 15.8. The van der Waals surface area contributed by atoms with Gasteiger partial charge in [-0.15, -0.1) is 0 Å². The van der Waals surface area contributed by atoms with Crippen molar-refractivity contribution in [2.45, 2.75) is 52.0 Å². The predicted octanol–water partition coefficient (Wildman–Crippen LogP) is 5.30. The van der Waals surface area contributed by atoms with Crippen LogP contribution in [0.15, 0.2) is 36.9 Å². The molecular formula is C26H39N5O. The summed E-state index contributed by atoms with van der Waals surface area (Å²) in [7, 11) is 0. The van der Waals surface area contributed by atoms with Gasteiger partial charge in [0.05, 0.1) is 18.8 Å². The van der Waals surface area contributed by atoms with Gasteiger partial charge >= 0.3 is 0 Å². The maximum Gasteiger partial charge on any atom is 0.163 e. The van der Waals surface area contributed by atoms with Crippen LogP contribution in [0, 0.1) is 0 Å². The summed E-state index contributed by atoms with van der Waals surface area (Å²) in [6.45, 7) is 13.5. The number of rotatable bonds is 8. The van der Waals surface area contributed by atoms with Gasteiger partial charge in [-0.25, -0.2) is 9.97 Å². The first-order valence-electron chi connectivity index (χ1n) is 12.2. The molecule has 2 heterocycles. The highest BCUT2D eigenvalue weighted by Crippen LogP contribution is 2.29. The average Bonchev–Trinajstić information content (AvgIpc) is 2.87. The van der Waals surface area contributed by atoms with Crippen LogP contribution < -0.4 is 10.6 Å². The Labute approximate surface area is 193 Å². The van der Waals surface area contributed by atoms with Crippen molar-refractivity contribution >= 4 is 17.7 Å². The van der Waals surface area contributed by atoms with Gasteiger partial charge in [0.1, 0.15) is 11.6 Å². The minimum absolute atomic E-state index is 0.470. The van der Waals surface area contributed by atoms with Crippen LogP contribution in [-0.4, -0.2) is 60.3 Å². The zero-order chi connectivity index (χ0) is 22.6. The van der Waals surface area contributed by atoms with Crippen molar-refractivity contribution in [3.05, 3.63) is 42.5 Å². The first kappa shape index (κ1) is 24.2. The van der Waals surface area contributed by atoms with Gasteiger partial charge in [-0.3, -0.25) is 4.90 Å². The van der Waals surface area contributed by atoms with Gasteiger partial charge in [-0.1, -0.05) is 76.1 Å². The van der Waals surface area contributed by atoms with E-state index >= 15 is 0 Å². The summed E-state index contributed by atoms with van der Waals surface area (Å²) in [6, 6.07) is 10.7. The van der Waals surface area contributed by atoms with Crippen molar-refractivity contribution in [3.8, 4) is 11.4 Å². The summed E-state index contributed by atoms with van der Waals surface area (Å²) >= 11 is 0. The molecule has 2 fully saturated rings. The maximum absolute atomic E-state index is 5.45. The number of aromatic nitrogens is 2. The molecule has 0 bridgehead atoms. The Morgan fingerprint density at radius 3 is 2.41 bits per heavy atom. The lowest BCUT2D eigenvalue weighted by Gasteiger charge is -2.27. The first-order valence-corrected chi connectivity index (χ1v) is 12.2.